The number of esters is 1. The Balaban J connectivity index is 2.18. The Morgan fingerprint density at radius 3 is 2.41 bits per heavy atom. The highest BCUT2D eigenvalue weighted by atomic mass is 16.5. The van der Waals surface area contributed by atoms with Crippen LogP contribution in [0.15, 0.2) is 30.3 Å². The first-order valence-electron chi connectivity index (χ1n) is 5.97. The highest BCUT2D eigenvalue weighted by Crippen LogP contribution is 2.04. The summed E-state index contributed by atoms with van der Waals surface area (Å²) in [5.74, 6) is -0.109. The van der Waals surface area contributed by atoms with Gasteiger partial charge < -0.3 is 9.22 Å². The van der Waals surface area contributed by atoms with Gasteiger partial charge in [0.2, 0.25) is 0 Å². The van der Waals surface area contributed by atoms with Gasteiger partial charge in [-0.1, -0.05) is 30.3 Å². The van der Waals surface area contributed by atoms with Gasteiger partial charge in [-0.25, -0.2) is 0 Å². The molecule has 0 N–H and O–H groups in total. The van der Waals surface area contributed by atoms with Crippen LogP contribution in [0.1, 0.15) is 18.4 Å². The van der Waals surface area contributed by atoms with E-state index in [1.54, 1.807) is 0 Å². The summed E-state index contributed by atoms with van der Waals surface area (Å²) in [5.41, 5.74) is 1.03. The summed E-state index contributed by atoms with van der Waals surface area (Å²) in [7, 11) is 6.36. The van der Waals surface area contributed by atoms with Gasteiger partial charge in [-0.3, -0.25) is 4.79 Å². The van der Waals surface area contributed by atoms with Crippen LogP contribution in [-0.4, -0.2) is 38.1 Å². The zero-order valence-electron chi connectivity index (χ0n) is 11.0. The second-order valence-corrected chi connectivity index (χ2v) is 5.26. The molecule has 0 aliphatic heterocycles. The third kappa shape index (κ3) is 6.74. The molecule has 0 bridgehead atoms. The second kappa shape index (κ2) is 6.40. The van der Waals surface area contributed by atoms with Gasteiger partial charge in [0.25, 0.3) is 0 Å². The van der Waals surface area contributed by atoms with Crippen molar-refractivity contribution in [1.29, 1.82) is 0 Å². The van der Waals surface area contributed by atoms with Crippen molar-refractivity contribution in [3.63, 3.8) is 0 Å². The van der Waals surface area contributed by atoms with Crippen molar-refractivity contribution >= 4 is 5.97 Å². The van der Waals surface area contributed by atoms with Crippen LogP contribution in [0.3, 0.4) is 0 Å². The van der Waals surface area contributed by atoms with Crippen LogP contribution >= 0.6 is 0 Å². The van der Waals surface area contributed by atoms with Gasteiger partial charge in [0, 0.05) is 6.42 Å². The lowest BCUT2D eigenvalue weighted by atomic mass is 10.2. The average Bonchev–Trinajstić information content (AvgIpc) is 2.26. The number of benzene rings is 1. The Kier molecular flexibility index (Phi) is 5.16. The molecule has 1 aromatic rings. The lowest BCUT2D eigenvalue weighted by Crippen LogP contribution is -2.35. The zero-order chi connectivity index (χ0) is 12.7. The molecule has 0 spiro atoms. The molecule has 0 atom stereocenters. The van der Waals surface area contributed by atoms with Crippen LogP contribution in [0.5, 0.6) is 0 Å². The van der Waals surface area contributed by atoms with E-state index in [0.29, 0.717) is 13.0 Å². The molecular formula is C14H22NO2+. The molecule has 94 valence electrons. The van der Waals surface area contributed by atoms with Gasteiger partial charge in [-0.15, -0.1) is 0 Å². The Morgan fingerprint density at radius 1 is 1.18 bits per heavy atom. The van der Waals surface area contributed by atoms with Crippen molar-refractivity contribution in [2.45, 2.75) is 19.4 Å². The van der Waals surface area contributed by atoms with Crippen molar-refractivity contribution in [2.24, 2.45) is 0 Å². The van der Waals surface area contributed by atoms with Crippen molar-refractivity contribution in [1.82, 2.24) is 0 Å². The predicted molar refractivity (Wildman–Crippen MR) is 68.4 cm³/mol. The molecule has 0 aliphatic rings. The van der Waals surface area contributed by atoms with Gasteiger partial charge in [0.05, 0.1) is 34.1 Å². The summed E-state index contributed by atoms with van der Waals surface area (Å²) in [6.07, 6.45) is 1.37. The molecule has 0 aromatic heterocycles. The summed E-state index contributed by atoms with van der Waals surface area (Å²) in [6.45, 7) is 1.37. The van der Waals surface area contributed by atoms with Crippen molar-refractivity contribution < 1.29 is 14.0 Å². The van der Waals surface area contributed by atoms with E-state index in [0.717, 1.165) is 23.0 Å². The smallest absolute Gasteiger partial charge is 0.306 e. The molecule has 3 nitrogen and oxygen atoms in total. The maximum Gasteiger partial charge on any atom is 0.306 e. The molecule has 0 radical (unpaired) electrons. The van der Waals surface area contributed by atoms with Gasteiger partial charge in [-0.05, 0) is 5.56 Å². The topological polar surface area (TPSA) is 26.3 Å². The Bertz CT molecular complexity index is 341. The summed E-state index contributed by atoms with van der Waals surface area (Å²) < 4.78 is 6.08. The maximum atomic E-state index is 11.5. The van der Waals surface area contributed by atoms with E-state index in [9.17, 15) is 4.79 Å². The first kappa shape index (κ1) is 13.7. The molecule has 0 fully saturated rings. The second-order valence-electron chi connectivity index (χ2n) is 5.26. The molecule has 0 saturated heterocycles. The summed E-state index contributed by atoms with van der Waals surface area (Å²) >= 11 is 0. The number of quaternary nitrogens is 1. The maximum absolute atomic E-state index is 11.5. The van der Waals surface area contributed by atoms with E-state index < -0.39 is 0 Å². The van der Waals surface area contributed by atoms with Crippen LogP contribution in [0, 0.1) is 0 Å². The van der Waals surface area contributed by atoms with Crippen LogP contribution in [0.25, 0.3) is 0 Å². The molecule has 0 amide bonds. The molecule has 17 heavy (non-hydrogen) atoms. The molecule has 1 rings (SSSR count). The predicted octanol–water partition coefficient (Wildman–Crippen LogP) is 2.22. The minimum atomic E-state index is -0.109. The Labute approximate surface area is 104 Å². The number of carbonyl (C=O) groups excluding carboxylic acids is 1. The van der Waals surface area contributed by atoms with Crippen LogP contribution in [0.2, 0.25) is 0 Å². The lowest BCUT2D eigenvalue weighted by molar-refractivity contribution is -0.870. The third-order valence-corrected chi connectivity index (χ3v) is 2.45. The summed E-state index contributed by atoms with van der Waals surface area (Å²) in [6, 6.07) is 9.76. The van der Waals surface area contributed by atoms with Crippen LogP contribution in [0.4, 0.5) is 0 Å². The number of ether oxygens (including phenoxy) is 1. The highest BCUT2D eigenvalue weighted by Gasteiger charge is 2.09. The van der Waals surface area contributed by atoms with Gasteiger partial charge in [0.15, 0.2) is 0 Å². The highest BCUT2D eigenvalue weighted by molar-refractivity contribution is 5.69. The molecule has 0 aliphatic carbocycles. The fourth-order valence-corrected chi connectivity index (χ4v) is 1.51. The van der Waals surface area contributed by atoms with E-state index >= 15 is 0 Å². The van der Waals surface area contributed by atoms with Crippen LogP contribution in [-0.2, 0) is 16.1 Å². The van der Waals surface area contributed by atoms with E-state index in [1.165, 1.54) is 0 Å². The quantitative estimate of drug-likeness (QED) is 0.559. The largest absolute Gasteiger partial charge is 0.461 e. The SMILES string of the molecule is C[N+](C)(C)CCCC(=O)OCc1ccccc1. The molecule has 0 heterocycles. The van der Waals surface area contributed by atoms with Gasteiger partial charge in [0.1, 0.15) is 6.61 Å². The minimum Gasteiger partial charge on any atom is -0.461 e. The molecule has 1 aromatic carbocycles. The van der Waals surface area contributed by atoms with E-state index in [1.807, 2.05) is 30.3 Å². The third-order valence-electron chi connectivity index (χ3n) is 2.45. The summed E-state index contributed by atoms with van der Waals surface area (Å²) in [5, 5.41) is 0. The van der Waals surface area contributed by atoms with E-state index in [4.69, 9.17) is 4.74 Å². The minimum absolute atomic E-state index is 0.109. The average molecular weight is 236 g/mol. The number of rotatable bonds is 6. The fourth-order valence-electron chi connectivity index (χ4n) is 1.51. The fraction of sp³-hybridized carbons (Fsp3) is 0.500. The van der Waals surface area contributed by atoms with E-state index in [2.05, 4.69) is 21.1 Å². The van der Waals surface area contributed by atoms with E-state index in [-0.39, 0.29) is 5.97 Å². The van der Waals surface area contributed by atoms with Crippen LogP contribution < -0.4 is 0 Å². The number of hydrogen-bond acceptors (Lipinski definition) is 2. The van der Waals surface area contributed by atoms with Crippen molar-refractivity contribution in [3.05, 3.63) is 35.9 Å². The zero-order valence-corrected chi connectivity index (χ0v) is 11.0. The van der Waals surface area contributed by atoms with Gasteiger partial charge in [-0.2, -0.15) is 0 Å². The Hall–Kier alpha value is -1.35. The first-order chi connectivity index (χ1) is 7.97. The molecule has 3 heteroatoms. The monoisotopic (exact) mass is 236 g/mol. The van der Waals surface area contributed by atoms with Crippen molar-refractivity contribution in [2.75, 3.05) is 27.7 Å². The normalized spacial score (nSPS) is 11.2. The summed E-state index contributed by atoms with van der Waals surface area (Å²) in [4.78, 5) is 11.5. The van der Waals surface area contributed by atoms with Crippen molar-refractivity contribution in [3.8, 4) is 0 Å². The Morgan fingerprint density at radius 2 is 1.82 bits per heavy atom. The standard InChI is InChI=1S/C14H22NO2/c1-15(2,3)11-7-10-14(16)17-12-13-8-5-4-6-9-13/h4-6,8-9H,7,10-12H2,1-3H3/q+1. The van der Waals surface area contributed by atoms with Gasteiger partial charge >= 0.3 is 5.97 Å². The number of hydrogen-bond donors (Lipinski definition) is 0. The number of carbonyl (C=O) groups is 1. The lowest BCUT2D eigenvalue weighted by Gasteiger charge is -2.23. The first-order valence-corrected chi connectivity index (χ1v) is 5.97. The molecule has 0 unspecified atom stereocenters. The number of nitrogens with zero attached hydrogens (tertiary/aromatic N) is 1. The molecule has 0 saturated carbocycles. The molecular weight excluding hydrogens is 214 g/mol.